The van der Waals surface area contributed by atoms with E-state index in [2.05, 4.69) is 15.9 Å². The highest BCUT2D eigenvalue weighted by molar-refractivity contribution is 9.10. The van der Waals surface area contributed by atoms with Crippen molar-refractivity contribution in [1.29, 1.82) is 0 Å². The van der Waals surface area contributed by atoms with E-state index in [1.807, 2.05) is 0 Å². The summed E-state index contributed by atoms with van der Waals surface area (Å²) in [6.07, 6.45) is -0.893. The molecule has 0 aliphatic heterocycles. The molecule has 7 heteroatoms. The van der Waals surface area contributed by atoms with Crippen molar-refractivity contribution in [2.75, 3.05) is 0 Å². The van der Waals surface area contributed by atoms with Crippen molar-refractivity contribution in [2.45, 2.75) is 33.3 Å². The first kappa shape index (κ1) is 15.9. The molecule has 1 aromatic carbocycles. The van der Waals surface area contributed by atoms with Crippen molar-refractivity contribution in [3.05, 3.63) is 33.7 Å². The number of benzene rings is 1. The SMILES string of the molecule is Cc1cc2c(F)c(Br)c(F)c(F)c2n1C(=O)OC(C)(C)C. The predicted octanol–water partition coefficient (Wildman–Crippen LogP) is 4.91. The summed E-state index contributed by atoms with van der Waals surface area (Å²) in [5.74, 6) is -3.66. The third-order valence-electron chi connectivity index (χ3n) is 2.78. The molecule has 0 aliphatic carbocycles. The zero-order valence-electron chi connectivity index (χ0n) is 11.9. The number of fused-ring (bicyclic) bond motifs is 1. The molecule has 0 fully saturated rings. The second kappa shape index (κ2) is 5.05. The molecule has 2 rings (SSSR count). The first-order valence-corrected chi connectivity index (χ1v) is 6.91. The summed E-state index contributed by atoms with van der Waals surface area (Å²) in [4.78, 5) is 12.1. The number of aryl methyl sites for hydroxylation is 1. The maximum absolute atomic E-state index is 14.1. The smallest absolute Gasteiger partial charge is 0.419 e. The molecule has 1 heterocycles. The van der Waals surface area contributed by atoms with Gasteiger partial charge in [-0.15, -0.1) is 0 Å². The lowest BCUT2D eigenvalue weighted by molar-refractivity contribution is 0.0540. The van der Waals surface area contributed by atoms with Gasteiger partial charge in [-0.3, -0.25) is 0 Å². The molecule has 0 N–H and O–H groups in total. The third-order valence-corrected chi connectivity index (χ3v) is 3.48. The summed E-state index contributed by atoms with van der Waals surface area (Å²) in [6.45, 7) is 6.40. The van der Waals surface area contributed by atoms with E-state index in [0.29, 0.717) is 0 Å². The number of rotatable bonds is 0. The van der Waals surface area contributed by atoms with Gasteiger partial charge in [-0.2, -0.15) is 0 Å². The van der Waals surface area contributed by atoms with Gasteiger partial charge in [0.2, 0.25) is 0 Å². The monoisotopic (exact) mass is 363 g/mol. The maximum atomic E-state index is 14.1. The van der Waals surface area contributed by atoms with Crippen LogP contribution in [0.1, 0.15) is 26.5 Å². The summed E-state index contributed by atoms with van der Waals surface area (Å²) in [5, 5.41) is -0.191. The van der Waals surface area contributed by atoms with E-state index in [1.54, 1.807) is 20.8 Å². The van der Waals surface area contributed by atoms with Gasteiger partial charge in [-0.25, -0.2) is 22.5 Å². The highest BCUT2D eigenvalue weighted by Crippen LogP contribution is 2.33. The molecule has 0 bridgehead atoms. The first-order chi connectivity index (χ1) is 9.54. The Kier molecular flexibility index (Phi) is 3.82. The second-order valence-corrected chi connectivity index (χ2v) is 6.41. The minimum atomic E-state index is -1.39. The van der Waals surface area contributed by atoms with Crippen LogP contribution in [-0.2, 0) is 4.74 Å². The number of carbonyl (C=O) groups excluding carboxylic acids is 1. The zero-order valence-corrected chi connectivity index (χ0v) is 13.4. The van der Waals surface area contributed by atoms with E-state index in [4.69, 9.17) is 4.74 Å². The largest absolute Gasteiger partial charge is 0.443 e. The van der Waals surface area contributed by atoms with Gasteiger partial charge in [0.1, 0.15) is 16.9 Å². The normalized spacial score (nSPS) is 12.0. The van der Waals surface area contributed by atoms with Crippen LogP contribution in [0.25, 0.3) is 10.9 Å². The van der Waals surface area contributed by atoms with Crippen molar-refractivity contribution in [3.63, 3.8) is 0 Å². The maximum Gasteiger partial charge on any atom is 0.419 e. The lowest BCUT2D eigenvalue weighted by Gasteiger charge is -2.20. The fraction of sp³-hybridized carbons (Fsp3) is 0.357. The molecule has 0 radical (unpaired) electrons. The summed E-state index contributed by atoms with van der Waals surface area (Å²) in [6, 6.07) is 1.27. The van der Waals surface area contributed by atoms with Gasteiger partial charge in [-0.05, 0) is 49.7 Å². The van der Waals surface area contributed by atoms with E-state index < -0.39 is 39.1 Å². The molecule has 1 aromatic heterocycles. The van der Waals surface area contributed by atoms with Crippen molar-refractivity contribution in [1.82, 2.24) is 4.57 Å². The summed E-state index contributed by atoms with van der Waals surface area (Å²) in [5.41, 5.74) is -1.04. The van der Waals surface area contributed by atoms with Gasteiger partial charge in [-0.1, -0.05) is 0 Å². The second-order valence-electron chi connectivity index (χ2n) is 5.62. The Bertz CT molecular complexity index is 747. The minimum Gasteiger partial charge on any atom is -0.443 e. The average molecular weight is 364 g/mol. The lowest BCUT2D eigenvalue weighted by Crippen LogP contribution is -2.27. The number of hydrogen-bond acceptors (Lipinski definition) is 2. The Balaban J connectivity index is 2.77. The first-order valence-electron chi connectivity index (χ1n) is 6.12. The molecule has 0 atom stereocenters. The van der Waals surface area contributed by atoms with Gasteiger partial charge in [0.15, 0.2) is 11.6 Å². The predicted molar refractivity (Wildman–Crippen MR) is 75.9 cm³/mol. The van der Waals surface area contributed by atoms with Crippen molar-refractivity contribution in [3.8, 4) is 0 Å². The molecule has 2 aromatic rings. The third kappa shape index (κ3) is 2.66. The lowest BCUT2D eigenvalue weighted by atomic mass is 10.2. The molecular formula is C14H13BrF3NO2. The van der Waals surface area contributed by atoms with E-state index in [1.165, 1.54) is 13.0 Å². The highest BCUT2D eigenvalue weighted by atomic mass is 79.9. The fourth-order valence-electron chi connectivity index (χ4n) is 1.98. The van der Waals surface area contributed by atoms with Crippen molar-refractivity contribution >= 4 is 32.9 Å². The summed E-state index contributed by atoms with van der Waals surface area (Å²) in [7, 11) is 0. The van der Waals surface area contributed by atoms with Crippen LogP contribution in [0.3, 0.4) is 0 Å². The molecule has 0 unspecified atom stereocenters. The number of ether oxygens (including phenoxy) is 1. The van der Waals surface area contributed by atoms with Crippen molar-refractivity contribution < 1.29 is 22.7 Å². The van der Waals surface area contributed by atoms with Crippen LogP contribution in [0.15, 0.2) is 10.5 Å². The minimum absolute atomic E-state index is 0.191. The van der Waals surface area contributed by atoms with E-state index >= 15 is 0 Å². The molecule has 0 saturated carbocycles. The van der Waals surface area contributed by atoms with Crippen molar-refractivity contribution in [2.24, 2.45) is 0 Å². The molecule has 21 heavy (non-hydrogen) atoms. The van der Waals surface area contributed by atoms with Gasteiger partial charge in [0.25, 0.3) is 0 Å². The van der Waals surface area contributed by atoms with Crippen LogP contribution in [0.2, 0.25) is 0 Å². The fourth-order valence-corrected chi connectivity index (χ4v) is 2.37. The molecule has 3 nitrogen and oxygen atoms in total. The van der Waals surface area contributed by atoms with E-state index in [0.717, 1.165) is 4.57 Å². The quantitative estimate of drug-likeness (QED) is 0.491. The zero-order chi connectivity index (χ0) is 16.1. The highest BCUT2D eigenvalue weighted by Gasteiger charge is 2.27. The topological polar surface area (TPSA) is 31.2 Å². The van der Waals surface area contributed by atoms with Gasteiger partial charge < -0.3 is 4.74 Å². The molecule has 0 aliphatic rings. The summed E-state index contributed by atoms with van der Waals surface area (Å²) >= 11 is 2.66. The molecule has 0 spiro atoms. The number of halogens is 4. The Morgan fingerprint density at radius 2 is 1.76 bits per heavy atom. The molecule has 0 saturated heterocycles. The van der Waals surface area contributed by atoms with Crippen LogP contribution in [-0.4, -0.2) is 16.3 Å². The standard InChI is InChI=1S/C14H13BrF3NO2/c1-6-5-7-9(16)8(15)10(17)11(18)12(7)19(6)13(20)21-14(2,3)4/h5H,1-4H3. The van der Waals surface area contributed by atoms with Crippen LogP contribution in [0, 0.1) is 24.4 Å². The van der Waals surface area contributed by atoms with Gasteiger partial charge in [0, 0.05) is 11.1 Å². The van der Waals surface area contributed by atoms with Crippen LogP contribution < -0.4 is 0 Å². The number of nitrogens with zero attached hydrogens (tertiary/aromatic N) is 1. The van der Waals surface area contributed by atoms with Crippen LogP contribution in [0.4, 0.5) is 18.0 Å². The molecular weight excluding hydrogens is 351 g/mol. The molecule has 114 valence electrons. The van der Waals surface area contributed by atoms with Crippen LogP contribution in [0.5, 0.6) is 0 Å². The summed E-state index contributed by atoms with van der Waals surface area (Å²) < 4.78 is 47.2. The van der Waals surface area contributed by atoms with Crippen LogP contribution >= 0.6 is 15.9 Å². The van der Waals surface area contributed by atoms with Gasteiger partial charge >= 0.3 is 6.09 Å². The number of hydrogen-bond donors (Lipinski definition) is 0. The Labute approximate surface area is 127 Å². The molecule has 0 amide bonds. The van der Waals surface area contributed by atoms with Gasteiger partial charge in [0.05, 0.1) is 4.47 Å². The number of carbonyl (C=O) groups is 1. The van der Waals surface area contributed by atoms with E-state index in [-0.39, 0.29) is 11.1 Å². The number of aromatic nitrogens is 1. The Morgan fingerprint density at radius 3 is 2.29 bits per heavy atom. The van der Waals surface area contributed by atoms with E-state index in [9.17, 15) is 18.0 Å². The Hall–Kier alpha value is -1.50. The Morgan fingerprint density at radius 1 is 1.19 bits per heavy atom. The average Bonchev–Trinajstić information content (AvgIpc) is 2.69.